The van der Waals surface area contributed by atoms with E-state index in [4.69, 9.17) is 5.73 Å². The number of halogens is 3. The molecule has 0 radical (unpaired) electrons. The number of nitrogens with one attached hydrogen (secondary N) is 1. The lowest BCUT2D eigenvalue weighted by Gasteiger charge is -2.25. The van der Waals surface area contributed by atoms with Crippen LogP contribution in [0.2, 0.25) is 0 Å². The molecule has 1 aromatic rings. The molecule has 3 N–H and O–H groups in total. The number of anilines is 1. The third kappa shape index (κ3) is 5.47. The van der Waals surface area contributed by atoms with Gasteiger partial charge in [0, 0.05) is 23.7 Å². The number of rotatable bonds is 4. The monoisotopic (exact) mass is 320 g/mol. The van der Waals surface area contributed by atoms with Crippen LogP contribution in [0.1, 0.15) is 25.7 Å². The molecule has 1 aliphatic rings. The quantitative estimate of drug-likeness (QED) is 0.895. The van der Waals surface area contributed by atoms with E-state index < -0.39 is 6.61 Å². The molecule has 0 bridgehead atoms. The van der Waals surface area contributed by atoms with E-state index in [2.05, 4.69) is 10.1 Å². The number of hydrogen-bond acceptors (Lipinski definition) is 3. The summed E-state index contributed by atoms with van der Waals surface area (Å²) in [6.45, 7) is -2.88. The first-order valence-corrected chi connectivity index (χ1v) is 6.66. The Hall–Kier alpha value is -1.40. The highest BCUT2D eigenvalue weighted by molar-refractivity contribution is 5.92. The first-order chi connectivity index (χ1) is 9.54. The topological polar surface area (TPSA) is 64.4 Å². The predicted molar refractivity (Wildman–Crippen MR) is 78.9 cm³/mol. The second-order valence-corrected chi connectivity index (χ2v) is 5.02. The van der Waals surface area contributed by atoms with Crippen LogP contribution in [-0.4, -0.2) is 18.6 Å². The van der Waals surface area contributed by atoms with E-state index in [0.717, 1.165) is 19.3 Å². The lowest BCUT2D eigenvalue weighted by molar-refractivity contribution is -0.120. The zero-order chi connectivity index (χ0) is 14.5. The van der Waals surface area contributed by atoms with Gasteiger partial charge in [0.05, 0.1) is 0 Å². The van der Waals surface area contributed by atoms with Crippen LogP contribution in [0.3, 0.4) is 0 Å². The SMILES string of the molecule is Cl.NC1CCCC(C(=O)Nc2cccc(OC(F)F)c2)C1. The van der Waals surface area contributed by atoms with Gasteiger partial charge in [0.15, 0.2) is 0 Å². The average Bonchev–Trinajstić information content (AvgIpc) is 2.38. The summed E-state index contributed by atoms with van der Waals surface area (Å²) in [7, 11) is 0. The first kappa shape index (κ1) is 17.7. The molecular weight excluding hydrogens is 302 g/mol. The van der Waals surface area contributed by atoms with Crippen LogP contribution >= 0.6 is 12.4 Å². The zero-order valence-corrected chi connectivity index (χ0v) is 12.2. The summed E-state index contributed by atoms with van der Waals surface area (Å²) in [5.41, 5.74) is 6.30. The second-order valence-electron chi connectivity index (χ2n) is 5.02. The van der Waals surface area contributed by atoms with Crippen LogP contribution in [0.4, 0.5) is 14.5 Å². The van der Waals surface area contributed by atoms with Gasteiger partial charge in [-0.05, 0) is 31.4 Å². The Labute approximate surface area is 128 Å². The second kappa shape index (κ2) is 8.14. The van der Waals surface area contributed by atoms with E-state index in [1.54, 1.807) is 12.1 Å². The number of ether oxygens (including phenoxy) is 1. The molecule has 0 spiro atoms. The van der Waals surface area contributed by atoms with Gasteiger partial charge < -0.3 is 15.8 Å². The molecule has 1 fully saturated rings. The Bertz CT molecular complexity index is 474. The number of benzene rings is 1. The lowest BCUT2D eigenvalue weighted by Crippen LogP contribution is -2.34. The van der Waals surface area contributed by atoms with Crippen molar-refractivity contribution < 1.29 is 18.3 Å². The molecule has 2 unspecified atom stereocenters. The molecule has 1 saturated carbocycles. The summed E-state index contributed by atoms with van der Waals surface area (Å²) in [5, 5.41) is 2.73. The molecular formula is C14H19ClF2N2O2. The fourth-order valence-electron chi connectivity index (χ4n) is 2.46. The Morgan fingerprint density at radius 2 is 2.14 bits per heavy atom. The first-order valence-electron chi connectivity index (χ1n) is 6.66. The van der Waals surface area contributed by atoms with E-state index >= 15 is 0 Å². The van der Waals surface area contributed by atoms with Gasteiger partial charge in [-0.1, -0.05) is 12.5 Å². The largest absolute Gasteiger partial charge is 0.435 e. The molecule has 1 amide bonds. The van der Waals surface area contributed by atoms with Gasteiger partial charge in [0.1, 0.15) is 5.75 Å². The summed E-state index contributed by atoms with van der Waals surface area (Å²) in [5.74, 6) is -0.203. The maximum atomic E-state index is 12.1. The standard InChI is InChI=1S/C14H18F2N2O2.ClH/c15-14(16)20-12-6-2-5-11(8-12)18-13(19)9-3-1-4-10(17)7-9;/h2,5-6,8-10,14H,1,3-4,7,17H2,(H,18,19);1H. The van der Waals surface area contributed by atoms with Crippen LogP contribution < -0.4 is 15.8 Å². The maximum Gasteiger partial charge on any atom is 0.387 e. The zero-order valence-electron chi connectivity index (χ0n) is 11.4. The smallest absolute Gasteiger partial charge is 0.387 e. The van der Waals surface area contributed by atoms with Crippen molar-refractivity contribution in [1.82, 2.24) is 0 Å². The number of alkyl halides is 2. The average molecular weight is 321 g/mol. The van der Waals surface area contributed by atoms with Crippen molar-refractivity contribution >= 4 is 24.0 Å². The maximum absolute atomic E-state index is 12.1. The third-order valence-corrected chi connectivity index (χ3v) is 3.41. The van der Waals surface area contributed by atoms with Crippen LogP contribution in [0.15, 0.2) is 24.3 Å². The summed E-state index contributed by atoms with van der Waals surface area (Å²) in [6, 6.07) is 6.05. The van der Waals surface area contributed by atoms with Gasteiger partial charge in [-0.15, -0.1) is 12.4 Å². The summed E-state index contributed by atoms with van der Waals surface area (Å²) in [4.78, 5) is 12.1. The van der Waals surface area contributed by atoms with E-state index in [-0.39, 0.29) is 36.0 Å². The van der Waals surface area contributed by atoms with Gasteiger partial charge in [0.2, 0.25) is 5.91 Å². The number of nitrogens with two attached hydrogens (primary N) is 1. The normalized spacial score (nSPS) is 21.5. The van der Waals surface area contributed by atoms with Gasteiger partial charge in [-0.25, -0.2) is 0 Å². The minimum absolute atomic E-state index is 0. The Balaban J connectivity index is 0.00000220. The van der Waals surface area contributed by atoms with Gasteiger partial charge in [-0.3, -0.25) is 4.79 Å². The molecule has 1 aliphatic carbocycles. The minimum Gasteiger partial charge on any atom is -0.435 e. The molecule has 2 atom stereocenters. The van der Waals surface area contributed by atoms with E-state index in [0.29, 0.717) is 12.1 Å². The predicted octanol–water partition coefficient (Wildman–Crippen LogP) is 3.17. The van der Waals surface area contributed by atoms with E-state index in [1.165, 1.54) is 12.1 Å². The Morgan fingerprint density at radius 1 is 1.38 bits per heavy atom. The van der Waals surface area contributed by atoms with Crippen LogP contribution in [0.5, 0.6) is 5.75 Å². The third-order valence-electron chi connectivity index (χ3n) is 3.41. The fraction of sp³-hybridized carbons (Fsp3) is 0.500. The van der Waals surface area contributed by atoms with Gasteiger partial charge >= 0.3 is 6.61 Å². The van der Waals surface area contributed by atoms with E-state index in [1.807, 2.05) is 0 Å². The highest BCUT2D eigenvalue weighted by atomic mass is 35.5. The Kier molecular flexibility index (Phi) is 6.84. The van der Waals surface area contributed by atoms with Crippen molar-refractivity contribution in [2.24, 2.45) is 11.7 Å². The Morgan fingerprint density at radius 3 is 2.81 bits per heavy atom. The van der Waals surface area contributed by atoms with Crippen molar-refractivity contribution in [3.63, 3.8) is 0 Å². The van der Waals surface area contributed by atoms with Crippen molar-refractivity contribution in [1.29, 1.82) is 0 Å². The number of amides is 1. The molecule has 0 aliphatic heterocycles. The van der Waals surface area contributed by atoms with Gasteiger partial charge in [-0.2, -0.15) is 8.78 Å². The fourth-order valence-corrected chi connectivity index (χ4v) is 2.46. The molecule has 7 heteroatoms. The van der Waals surface area contributed by atoms with Crippen molar-refractivity contribution in [3.8, 4) is 5.75 Å². The van der Waals surface area contributed by atoms with Crippen LogP contribution in [0, 0.1) is 5.92 Å². The molecule has 2 rings (SSSR count). The molecule has 4 nitrogen and oxygen atoms in total. The van der Waals surface area contributed by atoms with Gasteiger partial charge in [0.25, 0.3) is 0 Å². The highest BCUT2D eigenvalue weighted by Crippen LogP contribution is 2.25. The highest BCUT2D eigenvalue weighted by Gasteiger charge is 2.25. The molecule has 0 heterocycles. The number of carbonyl (C=O) groups excluding carboxylic acids is 1. The summed E-state index contributed by atoms with van der Waals surface area (Å²) in [6.07, 6.45) is 3.36. The van der Waals surface area contributed by atoms with Crippen LogP contribution in [-0.2, 0) is 4.79 Å². The minimum atomic E-state index is -2.88. The van der Waals surface area contributed by atoms with Crippen molar-refractivity contribution in [3.05, 3.63) is 24.3 Å². The van der Waals surface area contributed by atoms with E-state index in [9.17, 15) is 13.6 Å². The molecule has 0 aromatic heterocycles. The summed E-state index contributed by atoms with van der Waals surface area (Å²) >= 11 is 0. The van der Waals surface area contributed by atoms with Crippen molar-refractivity contribution in [2.75, 3.05) is 5.32 Å². The number of hydrogen-bond donors (Lipinski definition) is 2. The molecule has 1 aromatic carbocycles. The lowest BCUT2D eigenvalue weighted by atomic mass is 9.85. The van der Waals surface area contributed by atoms with Crippen molar-refractivity contribution in [2.45, 2.75) is 38.3 Å². The molecule has 21 heavy (non-hydrogen) atoms. The molecule has 0 saturated heterocycles. The summed E-state index contributed by atoms with van der Waals surface area (Å²) < 4.78 is 28.5. The van der Waals surface area contributed by atoms with Crippen LogP contribution in [0.25, 0.3) is 0 Å². The molecule has 118 valence electrons. The number of carbonyl (C=O) groups is 1.